The maximum atomic E-state index is 10.8. The molecule has 0 aliphatic rings. The zero-order chi connectivity index (χ0) is 9.23. The Morgan fingerprint density at radius 3 is 1.09 bits per heavy atom. The molecule has 3 nitrogen and oxygen atoms in total. The molecule has 0 heterocycles. The fourth-order valence-corrected chi connectivity index (χ4v) is 0.744. The van der Waals surface area contributed by atoms with Gasteiger partial charge < -0.3 is 0 Å². The lowest BCUT2D eigenvalue weighted by molar-refractivity contribution is -0.135. The molecule has 0 amide bonds. The minimum atomic E-state index is -1.94. The Bertz CT molecular complexity index is 184. The van der Waals surface area contributed by atoms with Crippen molar-refractivity contribution in [2.24, 2.45) is 0 Å². The van der Waals surface area contributed by atoms with Gasteiger partial charge >= 0.3 is 0 Å². The maximum Gasteiger partial charge on any atom is 0.217 e. The number of hydrogen-bond donors (Lipinski definition) is 0. The summed E-state index contributed by atoms with van der Waals surface area (Å²) in [5.41, 5.74) is 0. The number of ketones is 3. The predicted octanol–water partition coefficient (Wildman–Crippen LogP) is 0.731. The first-order valence-electron chi connectivity index (χ1n) is 3.05. The number of Topliss-reactive ketones (excluding diaryl/α,β-unsaturated/α-hetero) is 3. The van der Waals surface area contributed by atoms with Crippen molar-refractivity contribution in [1.82, 2.24) is 0 Å². The molecule has 0 bridgehead atoms. The molecule has 11 heavy (non-hydrogen) atoms. The first kappa shape index (κ1) is 10.3. The molecule has 0 unspecified atom stereocenters. The fourth-order valence-electron chi connectivity index (χ4n) is 0.744. The highest BCUT2D eigenvalue weighted by Gasteiger charge is 2.43. The van der Waals surface area contributed by atoms with Gasteiger partial charge in [-0.15, -0.1) is 0 Å². The highest BCUT2D eigenvalue weighted by molar-refractivity contribution is 6.57. The van der Waals surface area contributed by atoms with E-state index in [0.29, 0.717) is 0 Å². The Kier molecular flexibility index (Phi) is 2.93. The number of halogens is 1. The molecule has 0 aliphatic carbocycles. The van der Waals surface area contributed by atoms with Crippen molar-refractivity contribution in [2.75, 3.05) is 0 Å². The number of rotatable bonds is 3. The van der Waals surface area contributed by atoms with Crippen LogP contribution in [0.1, 0.15) is 20.8 Å². The summed E-state index contributed by atoms with van der Waals surface area (Å²) in [6.45, 7) is 3.36. The Labute approximate surface area is 69.7 Å². The van der Waals surface area contributed by atoms with E-state index in [1.54, 1.807) is 0 Å². The van der Waals surface area contributed by atoms with Crippen molar-refractivity contribution in [3.8, 4) is 0 Å². The molecule has 4 heteroatoms. The fraction of sp³-hybridized carbons (Fsp3) is 0.571. The summed E-state index contributed by atoms with van der Waals surface area (Å²) in [5.74, 6) is -1.88. The summed E-state index contributed by atoms with van der Waals surface area (Å²) < 4.78 is 0. The van der Waals surface area contributed by atoms with Gasteiger partial charge in [0.15, 0.2) is 17.3 Å². The van der Waals surface area contributed by atoms with Crippen LogP contribution >= 0.6 is 11.6 Å². The second kappa shape index (κ2) is 3.13. The van der Waals surface area contributed by atoms with Gasteiger partial charge in [0.1, 0.15) is 0 Å². The number of carbonyl (C=O) groups excluding carboxylic acids is 3. The minimum absolute atomic E-state index is 0.626. The van der Waals surface area contributed by atoms with E-state index in [-0.39, 0.29) is 0 Å². The van der Waals surface area contributed by atoms with Crippen LogP contribution < -0.4 is 0 Å². The molecular weight excluding hydrogens is 168 g/mol. The third-order valence-electron chi connectivity index (χ3n) is 1.46. The molecular formula is C7H9ClO3. The van der Waals surface area contributed by atoms with Crippen LogP contribution in [0.25, 0.3) is 0 Å². The van der Waals surface area contributed by atoms with E-state index < -0.39 is 22.2 Å². The zero-order valence-corrected chi connectivity index (χ0v) is 7.36. The third-order valence-corrected chi connectivity index (χ3v) is 2.25. The van der Waals surface area contributed by atoms with Gasteiger partial charge in [0.05, 0.1) is 0 Å². The quantitative estimate of drug-likeness (QED) is 0.471. The molecule has 0 rings (SSSR count). The predicted molar refractivity (Wildman–Crippen MR) is 40.6 cm³/mol. The molecule has 0 aromatic rings. The molecule has 0 saturated carbocycles. The van der Waals surface area contributed by atoms with Crippen LogP contribution in [0.4, 0.5) is 0 Å². The van der Waals surface area contributed by atoms with E-state index >= 15 is 0 Å². The van der Waals surface area contributed by atoms with E-state index in [0.717, 1.165) is 20.8 Å². The molecule has 62 valence electrons. The van der Waals surface area contributed by atoms with Gasteiger partial charge in [-0.1, -0.05) is 11.6 Å². The van der Waals surface area contributed by atoms with E-state index in [1.807, 2.05) is 0 Å². The zero-order valence-electron chi connectivity index (χ0n) is 6.60. The summed E-state index contributed by atoms with van der Waals surface area (Å²) in [5, 5.41) is 0. The Morgan fingerprint density at radius 1 is 0.909 bits per heavy atom. The van der Waals surface area contributed by atoms with Crippen LogP contribution in [-0.2, 0) is 14.4 Å². The molecule has 0 radical (unpaired) electrons. The molecule has 0 N–H and O–H groups in total. The molecule has 0 aromatic carbocycles. The van der Waals surface area contributed by atoms with Crippen LogP contribution in [-0.4, -0.2) is 22.2 Å². The van der Waals surface area contributed by atoms with E-state index in [2.05, 4.69) is 0 Å². The molecule has 0 aliphatic heterocycles. The summed E-state index contributed by atoms with van der Waals surface area (Å²) >= 11 is 5.50. The summed E-state index contributed by atoms with van der Waals surface area (Å²) in [6, 6.07) is 0. The Hall–Kier alpha value is -0.700. The topological polar surface area (TPSA) is 51.2 Å². The van der Waals surface area contributed by atoms with Crippen molar-refractivity contribution >= 4 is 29.0 Å². The summed E-state index contributed by atoms with van der Waals surface area (Å²) in [7, 11) is 0. The lowest BCUT2D eigenvalue weighted by atomic mass is 9.96. The third kappa shape index (κ3) is 1.66. The first-order chi connectivity index (χ1) is 4.83. The highest BCUT2D eigenvalue weighted by Crippen LogP contribution is 2.18. The van der Waals surface area contributed by atoms with Crippen molar-refractivity contribution < 1.29 is 14.4 Å². The number of alkyl halides is 1. The van der Waals surface area contributed by atoms with E-state index in [9.17, 15) is 14.4 Å². The smallest absolute Gasteiger partial charge is 0.217 e. The van der Waals surface area contributed by atoms with Gasteiger partial charge in [-0.2, -0.15) is 0 Å². The van der Waals surface area contributed by atoms with Gasteiger partial charge in [0.2, 0.25) is 4.87 Å². The van der Waals surface area contributed by atoms with Crippen molar-refractivity contribution in [1.29, 1.82) is 0 Å². The summed E-state index contributed by atoms with van der Waals surface area (Å²) in [6.07, 6.45) is 0. The average Bonchev–Trinajstić information content (AvgIpc) is 1.84. The molecule has 0 spiro atoms. The van der Waals surface area contributed by atoms with Crippen molar-refractivity contribution in [3.05, 3.63) is 0 Å². The first-order valence-corrected chi connectivity index (χ1v) is 3.43. The van der Waals surface area contributed by atoms with Crippen LogP contribution in [0, 0.1) is 0 Å². The lowest BCUT2D eigenvalue weighted by Gasteiger charge is -2.16. The Morgan fingerprint density at radius 2 is 1.09 bits per heavy atom. The van der Waals surface area contributed by atoms with E-state index in [1.165, 1.54) is 0 Å². The van der Waals surface area contributed by atoms with Gasteiger partial charge in [0.25, 0.3) is 0 Å². The van der Waals surface area contributed by atoms with Gasteiger partial charge in [-0.05, 0) is 20.8 Å². The van der Waals surface area contributed by atoms with Crippen LogP contribution in [0.3, 0.4) is 0 Å². The molecule has 0 fully saturated rings. The van der Waals surface area contributed by atoms with Crippen LogP contribution in [0.5, 0.6) is 0 Å². The van der Waals surface area contributed by atoms with E-state index in [4.69, 9.17) is 11.6 Å². The summed E-state index contributed by atoms with van der Waals surface area (Å²) in [4.78, 5) is 30.4. The van der Waals surface area contributed by atoms with Crippen molar-refractivity contribution in [3.63, 3.8) is 0 Å². The average molecular weight is 177 g/mol. The SMILES string of the molecule is CC(=O)C(Cl)(C(C)=O)C(C)=O. The largest absolute Gasteiger partial charge is 0.297 e. The highest BCUT2D eigenvalue weighted by atomic mass is 35.5. The number of carbonyl (C=O) groups is 3. The number of hydrogen-bond acceptors (Lipinski definition) is 3. The van der Waals surface area contributed by atoms with Gasteiger partial charge in [-0.3, -0.25) is 14.4 Å². The lowest BCUT2D eigenvalue weighted by Crippen LogP contribution is -2.44. The maximum absolute atomic E-state index is 10.8. The molecule has 0 atom stereocenters. The van der Waals surface area contributed by atoms with Gasteiger partial charge in [-0.25, -0.2) is 0 Å². The molecule has 0 saturated heterocycles. The second-order valence-corrected chi connectivity index (χ2v) is 2.89. The second-order valence-electron chi connectivity index (χ2n) is 2.33. The standard InChI is InChI=1S/C7H9ClO3/c1-4(9)7(8,5(2)10)6(3)11/h1-3H3. The van der Waals surface area contributed by atoms with Crippen LogP contribution in [0.2, 0.25) is 0 Å². The normalized spacial score (nSPS) is 10.9. The Balaban J connectivity index is 4.99. The monoisotopic (exact) mass is 176 g/mol. The molecule has 0 aromatic heterocycles. The minimum Gasteiger partial charge on any atom is -0.297 e. The van der Waals surface area contributed by atoms with Gasteiger partial charge in [0, 0.05) is 0 Å². The van der Waals surface area contributed by atoms with Crippen LogP contribution in [0.15, 0.2) is 0 Å². The van der Waals surface area contributed by atoms with Crippen molar-refractivity contribution in [2.45, 2.75) is 25.6 Å².